The van der Waals surface area contributed by atoms with Crippen molar-refractivity contribution in [1.82, 2.24) is 0 Å². The number of rotatable bonds is 6. The first-order valence-corrected chi connectivity index (χ1v) is 6.46. The third-order valence-electron chi connectivity index (χ3n) is 3.34. The minimum atomic E-state index is 0.0977. The minimum absolute atomic E-state index is 0.0977. The van der Waals surface area contributed by atoms with E-state index in [0.29, 0.717) is 11.4 Å². The van der Waals surface area contributed by atoms with Gasteiger partial charge in [-0.05, 0) is 38.8 Å². The summed E-state index contributed by atoms with van der Waals surface area (Å²) in [6, 6.07) is 5.71. The molecule has 4 nitrogen and oxygen atoms in total. The first-order valence-electron chi connectivity index (χ1n) is 6.46. The van der Waals surface area contributed by atoms with Gasteiger partial charge in [0, 0.05) is 23.7 Å². The van der Waals surface area contributed by atoms with Gasteiger partial charge in [0.2, 0.25) is 0 Å². The Morgan fingerprint density at radius 1 is 1.44 bits per heavy atom. The lowest BCUT2D eigenvalue weighted by Gasteiger charge is -2.16. The molecule has 0 aliphatic heterocycles. The van der Waals surface area contributed by atoms with Crippen LogP contribution in [0.15, 0.2) is 18.2 Å². The summed E-state index contributed by atoms with van der Waals surface area (Å²) in [6.07, 6.45) is 2.30. The monoisotopic (exact) mass is 250 g/mol. The highest BCUT2D eigenvalue weighted by Crippen LogP contribution is 2.45. The van der Waals surface area contributed by atoms with Crippen LogP contribution in [0.3, 0.4) is 0 Å². The normalized spacial score (nSPS) is 16.7. The zero-order valence-corrected chi connectivity index (χ0v) is 11.1. The maximum Gasteiger partial charge on any atom is 0.144 e. The number of nitrogens with one attached hydrogen (secondary N) is 1. The molecule has 1 fully saturated rings. The fourth-order valence-electron chi connectivity index (χ4n) is 1.86. The van der Waals surface area contributed by atoms with Crippen molar-refractivity contribution in [3.8, 4) is 5.75 Å². The number of ether oxygens (including phenoxy) is 1. The largest absolute Gasteiger partial charge is 0.489 e. The third kappa shape index (κ3) is 3.07. The molecule has 0 spiro atoms. The molecule has 4 heteroatoms. The predicted molar refractivity (Wildman–Crippen MR) is 73.9 cm³/mol. The van der Waals surface area contributed by atoms with Crippen LogP contribution in [0.2, 0.25) is 0 Å². The highest BCUT2D eigenvalue weighted by atomic mass is 16.5. The van der Waals surface area contributed by atoms with Crippen LogP contribution in [0, 0.1) is 5.41 Å². The van der Waals surface area contributed by atoms with Crippen molar-refractivity contribution in [2.24, 2.45) is 5.41 Å². The lowest BCUT2D eigenvalue weighted by atomic mass is 10.1. The van der Waals surface area contributed by atoms with E-state index >= 15 is 0 Å². The Hall–Kier alpha value is -1.42. The van der Waals surface area contributed by atoms with E-state index in [4.69, 9.17) is 10.5 Å². The Balaban J connectivity index is 2.00. The van der Waals surface area contributed by atoms with E-state index < -0.39 is 0 Å². The molecule has 1 aliphatic rings. The molecule has 1 aromatic rings. The maximum absolute atomic E-state index is 9.27. The Kier molecular flexibility index (Phi) is 3.66. The molecule has 1 aliphatic carbocycles. The Bertz CT molecular complexity index is 414. The van der Waals surface area contributed by atoms with Gasteiger partial charge in [-0.1, -0.05) is 0 Å². The number of nitrogen functional groups attached to an aromatic ring is 1. The SMILES string of the molecule is CC(C)Oc1cc(NCC2(CO)CC2)ccc1N. The van der Waals surface area contributed by atoms with E-state index in [9.17, 15) is 5.11 Å². The van der Waals surface area contributed by atoms with Crippen molar-refractivity contribution in [2.75, 3.05) is 24.2 Å². The number of benzene rings is 1. The van der Waals surface area contributed by atoms with Gasteiger partial charge in [0.1, 0.15) is 5.75 Å². The van der Waals surface area contributed by atoms with Crippen LogP contribution in [0.5, 0.6) is 5.75 Å². The van der Waals surface area contributed by atoms with Gasteiger partial charge in [-0.15, -0.1) is 0 Å². The number of hydrogen-bond donors (Lipinski definition) is 3. The molecular weight excluding hydrogens is 228 g/mol. The van der Waals surface area contributed by atoms with Crippen molar-refractivity contribution in [3.63, 3.8) is 0 Å². The van der Waals surface area contributed by atoms with Crippen LogP contribution in [0.25, 0.3) is 0 Å². The number of hydrogen-bond acceptors (Lipinski definition) is 4. The molecule has 100 valence electrons. The van der Waals surface area contributed by atoms with Gasteiger partial charge in [-0.25, -0.2) is 0 Å². The Labute approximate surface area is 108 Å². The molecule has 0 atom stereocenters. The van der Waals surface area contributed by atoms with Gasteiger partial charge in [0.15, 0.2) is 0 Å². The van der Waals surface area contributed by atoms with E-state index in [-0.39, 0.29) is 18.1 Å². The Morgan fingerprint density at radius 3 is 2.72 bits per heavy atom. The number of aliphatic hydroxyl groups is 1. The smallest absolute Gasteiger partial charge is 0.144 e. The van der Waals surface area contributed by atoms with Gasteiger partial charge < -0.3 is 20.9 Å². The molecule has 0 bridgehead atoms. The lowest BCUT2D eigenvalue weighted by Crippen LogP contribution is -2.19. The summed E-state index contributed by atoms with van der Waals surface area (Å²) in [5.74, 6) is 0.712. The average molecular weight is 250 g/mol. The highest BCUT2D eigenvalue weighted by Gasteiger charge is 2.41. The van der Waals surface area contributed by atoms with Crippen LogP contribution in [0.4, 0.5) is 11.4 Å². The third-order valence-corrected chi connectivity index (χ3v) is 3.34. The molecule has 1 aromatic carbocycles. The van der Waals surface area contributed by atoms with E-state index in [0.717, 1.165) is 25.1 Å². The van der Waals surface area contributed by atoms with Crippen LogP contribution < -0.4 is 15.8 Å². The summed E-state index contributed by atoms with van der Waals surface area (Å²) in [5.41, 5.74) is 7.60. The summed E-state index contributed by atoms with van der Waals surface area (Å²) in [5, 5.41) is 12.6. The minimum Gasteiger partial charge on any atom is -0.489 e. The first kappa shape index (κ1) is 13.0. The molecule has 0 amide bonds. The Morgan fingerprint density at radius 2 is 2.17 bits per heavy atom. The zero-order valence-electron chi connectivity index (χ0n) is 11.1. The van der Waals surface area contributed by atoms with Gasteiger partial charge >= 0.3 is 0 Å². The summed E-state index contributed by atoms with van der Waals surface area (Å²) in [7, 11) is 0. The van der Waals surface area contributed by atoms with Crippen LogP contribution in [-0.2, 0) is 0 Å². The van der Waals surface area contributed by atoms with Crippen molar-refractivity contribution in [1.29, 1.82) is 0 Å². The summed E-state index contributed by atoms with van der Waals surface area (Å²) in [6.45, 7) is 5.01. The summed E-state index contributed by atoms with van der Waals surface area (Å²) in [4.78, 5) is 0. The molecular formula is C14H22N2O2. The van der Waals surface area contributed by atoms with Crippen LogP contribution in [0.1, 0.15) is 26.7 Å². The number of nitrogens with two attached hydrogens (primary N) is 1. The topological polar surface area (TPSA) is 67.5 Å². The maximum atomic E-state index is 9.27. The standard InChI is InChI=1S/C14H22N2O2/c1-10(2)18-13-7-11(3-4-12(13)15)16-8-14(9-17)5-6-14/h3-4,7,10,16-17H,5-6,8-9,15H2,1-2H3. The molecule has 0 saturated heterocycles. The van der Waals surface area contributed by atoms with Crippen molar-refractivity contribution in [2.45, 2.75) is 32.8 Å². The van der Waals surface area contributed by atoms with Crippen molar-refractivity contribution >= 4 is 11.4 Å². The molecule has 1 saturated carbocycles. The van der Waals surface area contributed by atoms with Crippen molar-refractivity contribution in [3.05, 3.63) is 18.2 Å². The summed E-state index contributed by atoms with van der Waals surface area (Å²) < 4.78 is 5.65. The highest BCUT2D eigenvalue weighted by molar-refractivity contribution is 5.61. The van der Waals surface area contributed by atoms with E-state index in [1.165, 1.54) is 0 Å². The van der Waals surface area contributed by atoms with Crippen LogP contribution in [-0.4, -0.2) is 24.4 Å². The number of aliphatic hydroxyl groups excluding tert-OH is 1. The summed E-state index contributed by atoms with van der Waals surface area (Å²) >= 11 is 0. The second-order valence-corrected chi connectivity index (χ2v) is 5.43. The van der Waals surface area contributed by atoms with Gasteiger partial charge in [0.05, 0.1) is 18.4 Å². The van der Waals surface area contributed by atoms with Gasteiger partial charge in [-0.3, -0.25) is 0 Å². The fourth-order valence-corrected chi connectivity index (χ4v) is 1.86. The molecule has 4 N–H and O–H groups in total. The molecule has 0 aromatic heterocycles. The molecule has 0 unspecified atom stereocenters. The second-order valence-electron chi connectivity index (χ2n) is 5.43. The average Bonchev–Trinajstić information content (AvgIpc) is 3.10. The second kappa shape index (κ2) is 5.06. The van der Waals surface area contributed by atoms with E-state index in [2.05, 4.69) is 5.32 Å². The molecule has 18 heavy (non-hydrogen) atoms. The molecule has 2 rings (SSSR count). The van der Waals surface area contributed by atoms with Gasteiger partial charge in [0.25, 0.3) is 0 Å². The number of anilines is 2. The first-order chi connectivity index (χ1) is 8.54. The van der Waals surface area contributed by atoms with E-state index in [1.54, 1.807) is 0 Å². The van der Waals surface area contributed by atoms with Crippen molar-refractivity contribution < 1.29 is 9.84 Å². The van der Waals surface area contributed by atoms with Crippen LogP contribution >= 0.6 is 0 Å². The fraction of sp³-hybridized carbons (Fsp3) is 0.571. The zero-order chi connectivity index (χ0) is 13.2. The molecule has 0 heterocycles. The van der Waals surface area contributed by atoms with Gasteiger partial charge in [-0.2, -0.15) is 0 Å². The van der Waals surface area contributed by atoms with E-state index in [1.807, 2.05) is 32.0 Å². The molecule has 0 radical (unpaired) electrons. The predicted octanol–water partition coefficient (Wildman–Crippen LogP) is 2.24. The quantitative estimate of drug-likeness (QED) is 0.677. The lowest BCUT2D eigenvalue weighted by molar-refractivity contribution is 0.219.